The van der Waals surface area contributed by atoms with Crippen LogP contribution in [0.2, 0.25) is 0 Å². The van der Waals surface area contributed by atoms with Gasteiger partial charge >= 0.3 is 5.97 Å². The molecule has 8 nitrogen and oxygen atoms in total. The zero-order valence-electron chi connectivity index (χ0n) is 20.6. The van der Waals surface area contributed by atoms with Gasteiger partial charge in [0.1, 0.15) is 23.5 Å². The SMILES string of the molecule is CC[C@@H](C)[C@H](NC(=O)[C@H](CC(C)C)NC(=O)[C@@H]1N2C(=O)c3ccccc3[C@H]2SC1(C)C)C(=O)O. The van der Waals surface area contributed by atoms with Crippen LogP contribution in [-0.2, 0) is 14.4 Å². The number of benzene rings is 1. The Kier molecular flexibility index (Phi) is 7.65. The summed E-state index contributed by atoms with van der Waals surface area (Å²) in [5.74, 6) is -2.40. The van der Waals surface area contributed by atoms with E-state index in [0.717, 1.165) is 5.56 Å². The van der Waals surface area contributed by atoms with Gasteiger partial charge in [-0.15, -0.1) is 11.8 Å². The summed E-state index contributed by atoms with van der Waals surface area (Å²) in [6, 6.07) is 4.67. The van der Waals surface area contributed by atoms with Crippen molar-refractivity contribution in [1.29, 1.82) is 0 Å². The minimum Gasteiger partial charge on any atom is -0.480 e. The summed E-state index contributed by atoms with van der Waals surface area (Å²) in [5.41, 5.74) is 1.50. The van der Waals surface area contributed by atoms with Crippen LogP contribution < -0.4 is 10.6 Å². The van der Waals surface area contributed by atoms with Crippen LogP contribution in [0.4, 0.5) is 0 Å². The molecule has 1 aromatic carbocycles. The molecule has 0 spiro atoms. The Morgan fingerprint density at radius 1 is 1.15 bits per heavy atom. The van der Waals surface area contributed by atoms with Gasteiger partial charge in [0.25, 0.3) is 5.91 Å². The summed E-state index contributed by atoms with van der Waals surface area (Å²) in [6.45, 7) is 11.4. The number of carbonyl (C=O) groups is 4. The minimum atomic E-state index is -1.10. The summed E-state index contributed by atoms with van der Waals surface area (Å²) < 4.78 is -0.572. The molecule has 1 saturated heterocycles. The molecule has 186 valence electrons. The Balaban J connectivity index is 1.83. The van der Waals surface area contributed by atoms with Crippen molar-refractivity contribution < 1.29 is 24.3 Å². The molecule has 0 bridgehead atoms. The second-order valence-corrected chi connectivity index (χ2v) is 11.9. The number of carboxylic acid groups (broad SMARTS) is 1. The molecule has 2 aliphatic rings. The predicted octanol–water partition coefficient (Wildman–Crippen LogP) is 3.18. The molecule has 0 aliphatic carbocycles. The summed E-state index contributed by atoms with van der Waals surface area (Å²) in [7, 11) is 0. The van der Waals surface area contributed by atoms with Crippen LogP contribution in [0.1, 0.15) is 75.7 Å². The van der Waals surface area contributed by atoms with Crippen LogP contribution in [-0.4, -0.2) is 56.6 Å². The summed E-state index contributed by atoms with van der Waals surface area (Å²) in [4.78, 5) is 53.2. The van der Waals surface area contributed by atoms with Crippen molar-refractivity contribution >= 4 is 35.5 Å². The van der Waals surface area contributed by atoms with E-state index in [2.05, 4.69) is 10.6 Å². The Morgan fingerprint density at radius 2 is 1.79 bits per heavy atom. The summed E-state index contributed by atoms with van der Waals surface area (Å²) >= 11 is 1.56. The van der Waals surface area contributed by atoms with Crippen molar-refractivity contribution in [2.24, 2.45) is 11.8 Å². The molecular formula is C25H35N3O5S. The number of aliphatic carboxylic acids is 1. The third-order valence-corrected chi connectivity index (χ3v) is 8.20. The van der Waals surface area contributed by atoms with E-state index in [1.165, 1.54) is 0 Å². The first-order chi connectivity index (χ1) is 15.9. The van der Waals surface area contributed by atoms with Gasteiger partial charge in [-0.1, -0.05) is 52.3 Å². The Hall–Kier alpha value is -2.55. The molecule has 1 aromatic rings. The maximum Gasteiger partial charge on any atom is 0.326 e. The second kappa shape index (κ2) is 9.98. The first-order valence-corrected chi connectivity index (χ1v) is 12.7. The largest absolute Gasteiger partial charge is 0.480 e. The molecule has 0 unspecified atom stereocenters. The number of nitrogens with zero attached hydrogens (tertiary/aromatic N) is 1. The molecule has 3 amide bonds. The fourth-order valence-electron chi connectivity index (χ4n) is 4.70. The zero-order chi connectivity index (χ0) is 25.4. The van der Waals surface area contributed by atoms with Crippen LogP contribution in [0.25, 0.3) is 0 Å². The lowest BCUT2D eigenvalue weighted by Crippen LogP contribution is -2.59. The predicted molar refractivity (Wildman–Crippen MR) is 131 cm³/mol. The van der Waals surface area contributed by atoms with E-state index in [9.17, 15) is 24.3 Å². The number of nitrogens with one attached hydrogen (secondary N) is 2. The first-order valence-electron chi connectivity index (χ1n) is 11.8. The van der Waals surface area contributed by atoms with E-state index in [-0.39, 0.29) is 23.1 Å². The van der Waals surface area contributed by atoms with Gasteiger partial charge in [-0.2, -0.15) is 0 Å². The van der Waals surface area contributed by atoms with E-state index in [0.29, 0.717) is 18.4 Å². The maximum absolute atomic E-state index is 13.6. The third kappa shape index (κ3) is 4.94. The first kappa shape index (κ1) is 26.1. The van der Waals surface area contributed by atoms with Crippen molar-refractivity contribution in [2.45, 2.75) is 82.6 Å². The molecule has 2 aliphatic heterocycles. The monoisotopic (exact) mass is 489 g/mol. The van der Waals surface area contributed by atoms with E-state index in [4.69, 9.17) is 0 Å². The van der Waals surface area contributed by atoms with Crippen LogP contribution in [0, 0.1) is 11.8 Å². The highest BCUT2D eigenvalue weighted by Crippen LogP contribution is 2.56. The van der Waals surface area contributed by atoms with Crippen LogP contribution in [0.5, 0.6) is 0 Å². The molecule has 5 atom stereocenters. The molecule has 1 fully saturated rings. The Labute approximate surface area is 205 Å². The molecule has 3 rings (SSSR count). The van der Waals surface area contributed by atoms with Crippen molar-refractivity contribution in [3.63, 3.8) is 0 Å². The molecule has 0 aromatic heterocycles. The Morgan fingerprint density at radius 3 is 2.38 bits per heavy atom. The summed E-state index contributed by atoms with van der Waals surface area (Å²) in [5, 5.41) is 14.8. The maximum atomic E-state index is 13.6. The highest BCUT2D eigenvalue weighted by molar-refractivity contribution is 8.01. The molecule has 34 heavy (non-hydrogen) atoms. The van der Waals surface area contributed by atoms with Crippen LogP contribution >= 0.6 is 11.8 Å². The van der Waals surface area contributed by atoms with Gasteiger partial charge in [0.05, 0.1) is 0 Å². The molecule has 2 heterocycles. The number of carboxylic acids is 1. The summed E-state index contributed by atoms with van der Waals surface area (Å²) in [6.07, 6.45) is 0.938. The number of rotatable bonds is 9. The lowest BCUT2D eigenvalue weighted by molar-refractivity contribution is -0.144. The second-order valence-electron chi connectivity index (χ2n) is 10.2. The highest BCUT2D eigenvalue weighted by atomic mass is 32.2. The fraction of sp³-hybridized carbons (Fsp3) is 0.600. The lowest BCUT2D eigenvalue weighted by atomic mass is 9.96. The van der Waals surface area contributed by atoms with Gasteiger partial charge in [0.2, 0.25) is 11.8 Å². The third-order valence-electron chi connectivity index (χ3n) is 6.66. The van der Waals surface area contributed by atoms with Gasteiger partial charge < -0.3 is 20.6 Å². The molecule has 0 radical (unpaired) electrons. The van der Waals surface area contributed by atoms with Gasteiger partial charge in [0, 0.05) is 10.3 Å². The molecule has 3 N–H and O–H groups in total. The number of amides is 3. The lowest BCUT2D eigenvalue weighted by Gasteiger charge is -2.32. The smallest absolute Gasteiger partial charge is 0.326 e. The van der Waals surface area contributed by atoms with Gasteiger partial charge in [0.15, 0.2) is 0 Å². The number of fused-ring (bicyclic) bond motifs is 3. The minimum absolute atomic E-state index is 0.0827. The average Bonchev–Trinajstić information content (AvgIpc) is 3.19. The number of hydrogen-bond donors (Lipinski definition) is 3. The van der Waals surface area contributed by atoms with Crippen molar-refractivity contribution in [3.8, 4) is 0 Å². The normalized spacial score (nSPS) is 23.1. The quantitative estimate of drug-likeness (QED) is 0.491. The topological polar surface area (TPSA) is 116 Å². The van der Waals surface area contributed by atoms with E-state index >= 15 is 0 Å². The van der Waals surface area contributed by atoms with Crippen molar-refractivity contribution in [2.75, 3.05) is 0 Å². The number of carbonyl (C=O) groups excluding carboxylic acids is 3. The highest BCUT2D eigenvalue weighted by Gasteiger charge is 2.57. The zero-order valence-corrected chi connectivity index (χ0v) is 21.4. The van der Waals surface area contributed by atoms with E-state index < -0.39 is 40.7 Å². The molecule has 0 saturated carbocycles. The fourth-order valence-corrected chi connectivity index (χ4v) is 6.28. The number of hydrogen-bond acceptors (Lipinski definition) is 5. The number of thioether (sulfide) groups is 1. The van der Waals surface area contributed by atoms with Crippen molar-refractivity contribution in [1.82, 2.24) is 15.5 Å². The van der Waals surface area contributed by atoms with Gasteiger partial charge in [-0.3, -0.25) is 14.4 Å². The van der Waals surface area contributed by atoms with E-state index in [1.54, 1.807) is 29.7 Å². The van der Waals surface area contributed by atoms with Gasteiger partial charge in [-0.25, -0.2) is 4.79 Å². The van der Waals surface area contributed by atoms with Crippen LogP contribution in [0.15, 0.2) is 24.3 Å². The Bertz CT molecular complexity index is 979. The standard InChI is InChI=1S/C25H35N3O5S/c1-7-14(4)18(24(32)33)27-20(29)17(12-13(2)3)26-21(30)19-25(5,6)34-23-16-11-9-8-10-15(16)22(31)28(19)23/h8-11,13-14,17-19,23H,7,12H2,1-6H3,(H,26,30)(H,27,29)(H,32,33)/t14-,17+,18+,19+,23-/m1/s1. The van der Waals surface area contributed by atoms with Gasteiger partial charge in [-0.05, 0) is 43.7 Å². The van der Waals surface area contributed by atoms with Crippen molar-refractivity contribution in [3.05, 3.63) is 35.4 Å². The molecular weight excluding hydrogens is 454 g/mol. The average molecular weight is 490 g/mol. The molecule has 9 heteroatoms. The van der Waals surface area contributed by atoms with Crippen LogP contribution in [0.3, 0.4) is 0 Å². The van der Waals surface area contributed by atoms with E-state index in [1.807, 2.05) is 52.8 Å².